The topological polar surface area (TPSA) is 32.7 Å². The Bertz CT molecular complexity index is 354. The van der Waals surface area contributed by atoms with Crippen LogP contribution < -0.4 is 0 Å². The van der Waals surface area contributed by atoms with Gasteiger partial charge in [0, 0.05) is 31.6 Å². The van der Waals surface area contributed by atoms with Crippen LogP contribution in [0.2, 0.25) is 0 Å². The third-order valence-electron chi connectivity index (χ3n) is 1.97. The zero-order valence-corrected chi connectivity index (χ0v) is 8.76. The summed E-state index contributed by atoms with van der Waals surface area (Å²) in [5, 5.41) is 0. The van der Waals surface area contributed by atoms with Crippen molar-refractivity contribution in [1.29, 1.82) is 0 Å². The van der Waals surface area contributed by atoms with Crippen LogP contribution in [-0.4, -0.2) is 25.0 Å². The van der Waals surface area contributed by atoms with Crippen molar-refractivity contribution in [2.75, 3.05) is 7.05 Å². The van der Waals surface area contributed by atoms with Crippen molar-refractivity contribution in [3.8, 4) is 0 Å². The zero-order valence-electron chi connectivity index (χ0n) is 8.76. The van der Waals surface area contributed by atoms with Gasteiger partial charge < -0.3 is 4.90 Å². The maximum atomic E-state index is 10.4. The molecule has 1 aromatic rings. The molecule has 0 unspecified atom stereocenters. The van der Waals surface area contributed by atoms with Crippen molar-refractivity contribution in [3.05, 3.63) is 47.8 Å². The number of aldehydes is 1. The van der Waals surface area contributed by atoms with Gasteiger partial charge in [0.25, 0.3) is 0 Å². The Balaban J connectivity index is 2.60. The summed E-state index contributed by atoms with van der Waals surface area (Å²) in [4.78, 5) is 16.1. The molecule has 0 heterocycles. The molecule has 0 saturated carbocycles. The van der Waals surface area contributed by atoms with E-state index < -0.39 is 0 Å². The van der Waals surface area contributed by atoms with Crippen molar-refractivity contribution < 1.29 is 4.79 Å². The number of nitrogens with zero attached hydrogens (tertiary/aromatic N) is 2. The Kier molecular flexibility index (Phi) is 4.29. The summed E-state index contributed by atoms with van der Waals surface area (Å²) in [6.07, 6.45) is 4.33. The quantitative estimate of drug-likeness (QED) is 0.541. The van der Waals surface area contributed by atoms with Crippen LogP contribution >= 0.6 is 0 Å². The lowest BCUT2D eigenvalue weighted by molar-refractivity contribution is 0.112. The van der Waals surface area contributed by atoms with Gasteiger partial charge in [-0.15, -0.1) is 0 Å². The predicted molar refractivity (Wildman–Crippen MR) is 62.0 cm³/mol. The second-order valence-electron chi connectivity index (χ2n) is 3.26. The molecular formula is C12H14N2O. The molecule has 0 aliphatic heterocycles. The van der Waals surface area contributed by atoms with E-state index in [2.05, 4.69) is 11.7 Å². The summed E-state index contributed by atoms with van der Waals surface area (Å²) in [5.74, 6) is 0. The average Bonchev–Trinajstić information content (AvgIpc) is 2.27. The Morgan fingerprint density at radius 2 is 2.07 bits per heavy atom. The molecule has 3 heteroatoms. The lowest BCUT2D eigenvalue weighted by Gasteiger charge is -2.13. The average molecular weight is 202 g/mol. The maximum Gasteiger partial charge on any atom is 0.150 e. The van der Waals surface area contributed by atoms with Gasteiger partial charge in [0.05, 0.1) is 0 Å². The Morgan fingerprint density at radius 1 is 1.40 bits per heavy atom. The fourth-order valence-corrected chi connectivity index (χ4v) is 1.20. The predicted octanol–water partition coefficient (Wildman–Crippen LogP) is 2.10. The molecule has 0 saturated heterocycles. The number of hydrogen-bond donors (Lipinski definition) is 0. The molecule has 0 aromatic heterocycles. The smallest absolute Gasteiger partial charge is 0.150 e. The molecule has 0 aliphatic rings. The van der Waals surface area contributed by atoms with E-state index in [1.165, 1.54) is 0 Å². The second-order valence-corrected chi connectivity index (χ2v) is 3.26. The molecular weight excluding hydrogens is 188 g/mol. The minimum Gasteiger partial charge on any atom is -0.375 e. The normalized spacial score (nSPS) is 10.2. The molecule has 0 aliphatic carbocycles. The van der Waals surface area contributed by atoms with Gasteiger partial charge in [-0.2, -0.15) is 0 Å². The molecule has 0 spiro atoms. The van der Waals surface area contributed by atoms with Crippen molar-refractivity contribution in [2.45, 2.75) is 6.54 Å². The van der Waals surface area contributed by atoms with E-state index in [1.54, 1.807) is 6.20 Å². The summed E-state index contributed by atoms with van der Waals surface area (Å²) >= 11 is 0. The summed E-state index contributed by atoms with van der Waals surface area (Å²) in [5.41, 5.74) is 1.85. The first kappa shape index (κ1) is 11.2. The summed E-state index contributed by atoms with van der Waals surface area (Å²) in [7, 11) is 1.95. The molecule has 0 radical (unpaired) electrons. The first-order chi connectivity index (χ1) is 7.26. The molecule has 1 aromatic carbocycles. The second kappa shape index (κ2) is 5.75. The fraction of sp³-hybridized carbons (Fsp3) is 0.167. The van der Waals surface area contributed by atoms with Gasteiger partial charge in [-0.3, -0.25) is 9.79 Å². The van der Waals surface area contributed by atoms with Gasteiger partial charge >= 0.3 is 0 Å². The van der Waals surface area contributed by atoms with Crippen LogP contribution in [-0.2, 0) is 6.54 Å². The minimum absolute atomic E-state index is 0.699. The Morgan fingerprint density at radius 3 is 2.60 bits per heavy atom. The fourth-order valence-electron chi connectivity index (χ4n) is 1.20. The SMILES string of the molecule is C=N/C=C\N(C)Cc1ccc(C=O)cc1. The van der Waals surface area contributed by atoms with Crippen molar-refractivity contribution >= 4 is 13.0 Å². The highest BCUT2D eigenvalue weighted by atomic mass is 16.1. The van der Waals surface area contributed by atoms with Crippen LogP contribution in [0.4, 0.5) is 0 Å². The van der Waals surface area contributed by atoms with Crippen LogP contribution in [0.25, 0.3) is 0 Å². The van der Waals surface area contributed by atoms with E-state index in [0.717, 1.165) is 18.4 Å². The van der Waals surface area contributed by atoms with E-state index in [1.807, 2.05) is 42.4 Å². The number of aliphatic imine (C=N–C) groups is 1. The van der Waals surface area contributed by atoms with Crippen LogP contribution in [0.5, 0.6) is 0 Å². The molecule has 0 atom stereocenters. The number of carbonyl (C=O) groups excluding carboxylic acids is 1. The van der Waals surface area contributed by atoms with E-state index in [0.29, 0.717) is 5.56 Å². The molecule has 0 fully saturated rings. The highest BCUT2D eigenvalue weighted by molar-refractivity contribution is 5.74. The molecule has 0 amide bonds. The monoisotopic (exact) mass is 202 g/mol. The number of carbonyl (C=O) groups is 1. The zero-order chi connectivity index (χ0) is 11.1. The largest absolute Gasteiger partial charge is 0.375 e. The number of rotatable bonds is 5. The van der Waals surface area contributed by atoms with Gasteiger partial charge in [-0.25, -0.2) is 0 Å². The lowest BCUT2D eigenvalue weighted by atomic mass is 10.1. The van der Waals surface area contributed by atoms with E-state index in [-0.39, 0.29) is 0 Å². The van der Waals surface area contributed by atoms with Gasteiger partial charge in [0.1, 0.15) is 6.29 Å². The highest BCUT2D eigenvalue weighted by Crippen LogP contribution is 2.05. The van der Waals surface area contributed by atoms with Gasteiger partial charge in [0.2, 0.25) is 0 Å². The van der Waals surface area contributed by atoms with Gasteiger partial charge in [0.15, 0.2) is 0 Å². The van der Waals surface area contributed by atoms with Crippen LogP contribution in [0.1, 0.15) is 15.9 Å². The van der Waals surface area contributed by atoms with E-state index >= 15 is 0 Å². The Hall–Kier alpha value is -1.90. The van der Waals surface area contributed by atoms with Crippen LogP contribution in [0, 0.1) is 0 Å². The number of benzene rings is 1. The third kappa shape index (κ3) is 3.77. The first-order valence-corrected chi connectivity index (χ1v) is 4.63. The standard InChI is InChI=1S/C12H14N2O/c1-13-7-8-14(2)9-11-3-5-12(10-15)6-4-11/h3-8,10H,1,9H2,2H3/b8-7-. The maximum absolute atomic E-state index is 10.4. The van der Waals surface area contributed by atoms with Crippen LogP contribution in [0.15, 0.2) is 41.7 Å². The van der Waals surface area contributed by atoms with Gasteiger partial charge in [-0.05, 0) is 12.3 Å². The number of hydrogen-bond acceptors (Lipinski definition) is 3. The first-order valence-electron chi connectivity index (χ1n) is 4.63. The highest BCUT2D eigenvalue weighted by Gasteiger charge is 1.95. The minimum atomic E-state index is 0.699. The summed E-state index contributed by atoms with van der Waals surface area (Å²) < 4.78 is 0. The molecule has 3 nitrogen and oxygen atoms in total. The van der Waals surface area contributed by atoms with Gasteiger partial charge in [-0.1, -0.05) is 24.3 Å². The molecule has 0 bridgehead atoms. The Labute approximate surface area is 89.7 Å². The van der Waals surface area contributed by atoms with Crippen molar-refractivity contribution in [1.82, 2.24) is 4.90 Å². The van der Waals surface area contributed by atoms with Crippen molar-refractivity contribution in [3.63, 3.8) is 0 Å². The molecule has 1 rings (SSSR count). The lowest BCUT2D eigenvalue weighted by Crippen LogP contribution is -2.09. The third-order valence-corrected chi connectivity index (χ3v) is 1.97. The molecule has 15 heavy (non-hydrogen) atoms. The molecule has 0 N–H and O–H groups in total. The van der Waals surface area contributed by atoms with Crippen LogP contribution in [0.3, 0.4) is 0 Å². The summed E-state index contributed by atoms with van der Waals surface area (Å²) in [6.45, 7) is 4.14. The molecule has 78 valence electrons. The van der Waals surface area contributed by atoms with E-state index in [9.17, 15) is 4.79 Å². The summed E-state index contributed by atoms with van der Waals surface area (Å²) in [6, 6.07) is 7.50. The van der Waals surface area contributed by atoms with Crippen molar-refractivity contribution in [2.24, 2.45) is 4.99 Å². The van der Waals surface area contributed by atoms with E-state index in [4.69, 9.17) is 0 Å².